The van der Waals surface area contributed by atoms with Gasteiger partial charge in [-0.1, -0.05) is 43.0 Å². The summed E-state index contributed by atoms with van der Waals surface area (Å²) in [7, 11) is 0. The quantitative estimate of drug-likeness (QED) is 0.370. The molecule has 28 heavy (non-hydrogen) atoms. The van der Waals surface area contributed by atoms with Gasteiger partial charge in [-0.15, -0.1) is 39.9 Å². The van der Waals surface area contributed by atoms with Crippen molar-refractivity contribution in [1.29, 1.82) is 0 Å². The molecular formula is C19H21N5OS3. The number of anilines is 1. The fourth-order valence-electron chi connectivity index (χ4n) is 2.41. The van der Waals surface area contributed by atoms with Crippen LogP contribution in [0.3, 0.4) is 0 Å². The van der Waals surface area contributed by atoms with Gasteiger partial charge >= 0.3 is 0 Å². The molecule has 9 heteroatoms. The number of thiazole rings is 1. The molecule has 1 amide bonds. The summed E-state index contributed by atoms with van der Waals surface area (Å²) in [5.74, 6) is 1.50. The molecular weight excluding hydrogens is 410 g/mol. The van der Waals surface area contributed by atoms with Crippen LogP contribution in [0.2, 0.25) is 0 Å². The number of carbonyl (C=O) groups excluding carboxylic acids is 1. The Morgan fingerprint density at radius 1 is 1.36 bits per heavy atom. The zero-order valence-electron chi connectivity index (χ0n) is 15.4. The Morgan fingerprint density at radius 3 is 2.86 bits per heavy atom. The Labute approximate surface area is 176 Å². The van der Waals surface area contributed by atoms with Crippen LogP contribution in [0, 0.1) is 0 Å². The molecule has 0 saturated heterocycles. The minimum absolute atomic E-state index is 0.0733. The Kier molecular flexibility index (Phi) is 7.70. The molecule has 1 N–H and O–H groups in total. The van der Waals surface area contributed by atoms with Gasteiger partial charge in [0.05, 0.1) is 11.0 Å². The summed E-state index contributed by atoms with van der Waals surface area (Å²) in [6.07, 6.45) is 4.17. The molecule has 1 atom stereocenters. The van der Waals surface area contributed by atoms with Crippen molar-refractivity contribution in [1.82, 2.24) is 19.7 Å². The maximum absolute atomic E-state index is 12.6. The van der Waals surface area contributed by atoms with Crippen molar-refractivity contribution in [3.63, 3.8) is 0 Å². The van der Waals surface area contributed by atoms with E-state index in [0.717, 1.165) is 11.0 Å². The topological polar surface area (TPSA) is 72.7 Å². The van der Waals surface area contributed by atoms with Crippen molar-refractivity contribution in [3.05, 3.63) is 60.4 Å². The molecule has 0 saturated carbocycles. The van der Waals surface area contributed by atoms with Crippen LogP contribution in [-0.2, 0) is 17.1 Å². The predicted octanol–water partition coefficient (Wildman–Crippen LogP) is 4.72. The number of amides is 1. The lowest BCUT2D eigenvalue weighted by atomic mass is 10.3. The monoisotopic (exact) mass is 431 g/mol. The Balaban J connectivity index is 1.70. The Hall–Kier alpha value is -2.10. The first kappa shape index (κ1) is 20.6. The van der Waals surface area contributed by atoms with E-state index in [1.54, 1.807) is 18.0 Å². The maximum Gasteiger partial charge on any atom is 0.239 e. The molecule has 0 aliphatic rings. The van der Waals surface area contributed by atoms with E-state index < -0.39 is 0 Å². The van der Waals surface area contributed by atoms with Crippen LogP contribution < -0.4 is 5.32 Å². The number of allylic oxidation sites excluding steroid dienone is 1. The summed E-state index contributed by atoms with van der Waals surface area (Å²) in [4.78, 5) is 17.9. The SMILES string of the molecule is C=CCn1c(CSc2ccccc2)nnc1SC(CC)C(=O)Nc1nccs1. The molecule has 0 bridgehead atoms. The highest BCUT2D eigenvalue weighted by Crippen LogP contribution is 2.28. The van der Waals surface area contributed by atoms with E-state index in [0.29, 0.717) is 23.8 Å². The van der Waals surface area contributed by atoms with Gasteiger partial charge in [0.1, 0.15) is 5.82 Å². The number of hydrogen-bond acceptors (Lipinski definition) is 7. The fourth-order valence-corrected chi connectivity index (χ4v) is 4.78. The van der Waals surface area contributed by atoms with E-state index in [2.05, 4.69) is 39.2 Å². The van der Waals surface area contributed by atoms with Gasteiger partial charge in [0, 0.05) is 23.0 Å². The number of benzene rings is 1. The van der Waals surface area contributed by atoms with Crippen molar-refractivity contribution in [2.75, 3.05) is 5.32 Å². The van der Waals surface area contributed by atoms with Crippen LogP contribution in [0.4, 0.5) is 5.13 Å². The smallest absolute Gasteiger partial charge is 0.239 e. The van der Waals surface area contributed by atoms with Gasteiger partial charge in [-0.3, -0.25) is 4.79 Å². The van der Waals surface area contributed by atoms with E-state index in [4.69, 9.17) is 0 Å². The highest BCUT2D eigenvalue weighted by Gasteiger charge is 2.23. The summed E-state index contributed by atoms with van der Waals surface area (Å²) >= 11 is 4.54. The number of nitrogens with one attached hydrogen (secondary N) is 1. The van der Waals surface area contributed by atoms with Gasteiger partial charge < -0.3 is 9.88 Å². The maximum atomic E-state index is 12.6. The molecule has 0 fully saturated rings. The third-order valence-electron chi connectivity index (χ3n) is 3.79. The first-order valence-corrected chi connectivity index (χ1v) is 11.5. The summed E-state index contributed by atoms with van der Waals surface area (Å²) in [6.45, 7) is 6.43. The lowest BCUT2D eigenvalue weighted by Gasteiger charge is -2.14. The van der Waals surface area contributed by atoms with E-state index in [1.807, 2.05) is 41.1 Å². The molecule has 0 aliphatic heterocycles. The van der Waals surface area contributed by atoms with Crippen molar-refractivity contribution in [3.8, 4) is 0 Å². The molecule has 1 unspecified atom stereocenters. The number of carbonyl (C=O) groups is 1. The molecule has 3 aromatic rings. The first-order valence-electron chi connectivity index (χ1n) is 8.79. The zero-order chi connectivity index (χ0) is 19.8. The van der Waals surface area contributed by atoms with Gasteiger partial charge in [-0.2, -0.15) is 0 Å². The van der Waals surface area contributed by atoms with Crippen molar-refractivity contribution >= 4 is 45.9 Å². The fraction of sp³-hybridized carbons (Fsp3) is 0.263. The van der Waals surface area contributed by atoms with Crippen LogP contribution in [0.25, 0.3) is 0 Å². The standard InChI is InChI=1S/C19H21N5OS3/c1-3-11-24-16(13-27-14-8-6-5-7-9-14)22-23-19(24)28-15(4-2)17(25)21-18-20-10-12-26-18/h3,5-10,12,15H,1,4,11,13H2,2H3,(H,20,21,25). The molecule has 2 aromatic heterocycles. The average molecular weight is 432 g/mol. The summed E-state index contributed by atoms with van der Waals surface area (Å²) in [5, 5.41) is 14.5. The van der Waals surface area contributed by atoms with E-state index in [-0.39, 0.29) is 11.2 Å². The first-order chi connectivity index (χ1) is 13.7. The van der Waals surface area contributed by atoms with Crippen molar-refractivity contribution in [2.45, 2.75) is 40.9 Å². The van der Waals surface area contributed by atoms with E-state index >= 15 is 0 Å². The molecule has 146 valence electrons. The lowest BCUT2D eigenvalue weighted by molar-refractivity contribution is -0.115. The largest absolute Gasteiger partial charge is 0.301 e. The minimum Gasteiger partial charge on any atom is -0.301 e. The lowest BCUT2D eigenvalue weighted by Crippen LogP contribution is -2.25. The minimum atomic E-state index is -0.272. The highest BCUT2D eigenvalue weighted by atomic mass is 32.2. The molecule has 0 spiro atoms. The summed E-state index contributed by atoms with van der Waals surface area (Å²) < 4.78 is 2.02. The highest BCUT2D eigenvalue weighted by molar-refractivity contribution is 8.00. The average Bonchev–Trinajstić information content (AvgIpc) is 3.36. The zero-order valence-corrected chi connectivity index (χ0v) is 17.9. The second-order valence-corrected chi connectivity index (χ2v) is 8.85. The molecule has 1 aromatic carbocycles. The van der Waals surface area contributed by atoms with Crippen molar-refractivity contribution in [2.24, 2.45) is 0 Å². The van der Waals surface area contributed by atoms with Crippen LogP contribution in [0.5, 0.6) is 0 Å². The van der Waals surface area contributed by atoms with Crippen LogP contribution in [0.1, 0.15) is 19.2 Å². The van der Waals surface area contributed by atoms with Crippen LogP contribution in [-0.4, -0.2) is 30.9 Å². The second-order valence-electron chi connectivity index (χ2n) is 5.74. The number of rotatable bonds is 10. The third-order valence-corrected chi connectivity index (χ3v) is 6.83. The normalized spacial score (nSPS) is 11.9. The third kappa shape index (κ3) is 5.46. The predicted molar refractivity (Wildman–Crippen MR) is 117 cm³/mol. The molecule has 0 aliphatic carbocycles. The Bertz CT molecular complexity index is 896. The second kappa shape index (κ2) is 10.4. The van der Waals surface area contributed by atoms with Crippen molar-refractivity contribution < 1.29 is 4.79 Å². The van der Waals surface area contributed by atoms with Crippen LogP contribution >= 0.6 is 34.9 Å². The Morgan fingerprint density at radius 2 is 2.18 bits per heavy atom. The molecule has 2 heterocycles. The van der Waals surface area contributed by atoms with Gasteiger partial charge in [-0.25, -0.2) is 4.98 Å². The molecule has 6 nitrogen and oxygen atoms in total. The van der Waals surface area contributed by atoms with Crippen LogP contribution in [0.15, 0.2) is 64.6 Å². The van der Waals surface area contributed by atoms with E-state index in [9.17, 15) is 4.79 Å². The summed E-state index contributed by atoms with van der Waals surface area (Å²) in [6, 6.07) is 10.2. The van der Waals surface area contributed by atoms with Gasteiger partial charge in [0.25, 0.3) is 0 Å². The summed E-state index contributed by atoms with van der Waals surface area (Å²) in [5.41, 5.74) is 0. The number of thioether (sulfide) groups is 2. The number of nitrogens with zero attached hydrogens (tertiary/aromatic N) is 4. The van der Waals surface area contributed by atoms with E-state index in [1.165, 1.54) is 28.0 Å². The molecule has 0 radical (unpaired) electrons. The molecule has 3 rings (SSSR count). The number of hydrogen-bond donors (Lipinski definition) is 1. The van der Waals surface area contributed by atoms with Gasteiger partial charge in [0.2, 0.25) is 5.91 Å². The van der Waals surface area contributed by atoms with Gasteiger partial charge in [-0.05, 0) is 18.6 Å². The van der Waals surface area contributed by atoms with Gasteiger partial charge in [0.15, 0.2) is 10.3 Å². The number of aromatic nitrogens is 4.